The fourth-order valence-electron chi connectivity index (χ4n) is 4.23. The first-order valence-electron chi connectivity index (χ1n) is 12.5. The minimum Gasteiger partial charge on any atom is -0.315 e. The fraction of sp³-hybridized carbons (Fsp3) is 0.233. The molecule has 3 aromatic carbocycles. The summed E-state index contributed by atoms with van der Waals surface area (Å²) in [6.07, 6.45) is 0. The molecule has 2 N–H and O–H groups in total. The van der Waals surface area contributed by atoms with Crippen molar-refractivity contribution in [3.05, 3.63) is 95.0 Å². The van der Waals surface area contributed by atoms with Crippen LogP contribution in [0.5, 0.6) is 0 Å². The van der Waals surface area contributed by atoms with Gasteiger partial charge in [0, 0.05) is 28.9 Å². The van der Waals surface area contributed by atoms with Crippen LogP contribution in [0.25, 0.3) is 16.9 Å². The van der Waals surface area contributed by atoms with Crippen LogP contribution in [0.4, 0.5) is 16.3 Å². The molecule has 0 aliphatic carbocycles. The highest BCUT2D eigenvalue weighted by Gasteiger charge is 2.21. The van der Waals surface area contributed by atoms with E-state index in [4.69, 9.17) is 16.7 Å². The zero-order chi connectivity index (χ0) is 27.2. The third-order valence-corrected chi connectivity index (χ3v) is 6.15. The van der Waals surface area contributed by atoms with Crippen LogP contribution < -0.4 is 10.6 Å². The number of urea groups is 1. The molecule has 4 rings (SSSR count). The third kappa shape index (κ3) is 6.81. The maximum absolute atomic E-state index is 13.3. The van der Waals surface area contributed by atoms with Gasteiger partial charge in [-0.15, -0.1) is 0 Å². The van der Waals surface area contributed by atoms with E-state index < -0.39 is 0 Å². The van der Waals surface area contributed by atoms with Gasteiger partial charge in [0.1, 0.15) is 12.4 Å². The average molecular weight is 530 g/mol. The second kappa shape index (κ2) is 12.0. The molecular weight excluding hydrogens is 498 g/mol. The molecule has 0 radical (unpaired) electrons. The Morgan fingerprint density at radius 3 is 2.39 bits per heavy atom. The Bertz CT molecular complexity index is 1430. The molecule has 196 valence electrons. The van der Waals surface area contributed by atoms with Crippen LogP contribution >= 0.6 is 11.6 Å². The number of rotatable bonds is 8. The fourth-order valence-corrected chi connectivity index (χ4v) is 4.42. The third-order valence-electron chi connectivity index (χ3n) is 5.91. The zero-order valence-electron chi connectivity index (χ0n) is 22.0. The summed E-state index contributed by atoms with van der Waals surface area (Å²) in [5.74, 6) is 0.372. The van der Waals surface area contributed by atoms with Gasteiger partial charge in [0.25, 0.3) is 0 Å². The molecule has 0 saturated carbocycles. The number of hydrogen-bond donors (Lipinski definition) is 2. The van der Waals surface area contributed by atoms with Crippen molar-refractivity contribution in [2.75, 3.05) is 23.7 Å². The molecule has 38 heavy (non-hydrogen) atoms. The van der Waals surface area contributed by atoms with Crippen LogP contribution in [-0.2, 0) is 4.79 Å². The smallest absolute Gasteiger partial charge is 0.315 e. The number of aryl methyl sites for hydroxylation is 2. The number of benzene rings is 3. The largest absolute Gasteiger partial charge is 0.322 e. The lowest BCUT2D eigenvalue weighted by molar-refractivity contribution is -0.116. The van der Waals surface area contributed by atoms with Crippen molar-refractivity contribution in [3.8, 4) is 16.9 Å². The molecule has 3 amide bonds. The van der Waals surface area contributed by atoms with Gasteiger partial charge in [0.15, 0.2) is 0 Å². The second-order valence-corrected chi connectivity index (χ2v) is 10.2. The Balaban J connectivity index is 1.59. The van der Waals surface area contributed by atoms with E-state index in [0.29, 0.717) is 23.1 Å². The summed E-state index contributed by atoms with van der Waals surface area (Å²) in [5, 5.41) is 11.2. The number of nitrogens with zero attached hydrogens (tertiary/aromatic N) is 3. The monoisotopic (exact) mass is 529 g/mol. The molecule has 0 fully saturated rings. The summed E-state index contributed by atoms with van der Waals surface area (Å²) in [4.78, 5) is 27.9. The van der Waals surface area contributed by atoms with Crippen molar-refractivity contribution in [2.45, 2.75) is 27.7 Å². The summed E-state index contributed by atoms with van der Waals surface area (Å²) >= 11 is 6.06. The van der Waals surface area contributed by atoms with Crippen LogP contribution in [-0.4, -0.2) is 39.7 Å². The van der Waals surface area contributed by atoms with E-state index in [9.17, 15) is 9.59 Å². The molecule has 0 aliphatic heterocycles. The summed E-state index contributed by atoms with van der Waals surface area (Å²) in [7, 11) is 0. The SMILES string of the molecule is Cc1ccc(-n2nc(-c3ccccc3)cc2NC(=O)CN(CC(C)C)C(=O)Nc2cccc(Cl)c2)c(C)c1. The van der Waals surface area contributed by atoms with Gasteiger partial charge >= 0.3 is 6.03 Å². The molecule has 7 nitrogen and oxygen atoms in total. The van der Waals surface area contributed by atoms with Gasteiger partial charge in [-0.3, -0.25) is 4.79 Å². The van der Waals surface area contributed by atoms with Crippen molar-refractivity contribution in [3.63, 3.8) is 0 Å². The number of halogens is 1. The van der Waals surface area contributed by atoms with E-state index in [2.05, 4.69) is 16.7 Å². The number of carbonyl (C=O) groups is 2. The quantitative estimate of drug-likeness (QED) is 0.259. The van der Waals surface area contributed by atoms with Crippen molar-refractivity contribution in [2.24, 2.45) is 5.92 Å². The highest BCUT2D eigenvalue weighted by molar-refractivity contribution is 6.30. The van der Waals surface area contributed by atoms with Crippen molar-refractivity contribution in [1.29, 1.82) is 0 Å². The highest BCUT2D eigenvalue weighted by atomic mass is 35.5. The molecule has 1 heterocycles. The topological polar surface area (TPSA) is 79.3 Å². The summed E-state index contributed by atoms with van der Waals surface area (Å²) < 4.78 is 1.74. The molecule has 0 atom stereocenters. The van der Waals surface area contributed by atoms with Gasteiger partial charge < -0.3 is 15.5 Å². The Kier molecular flexibility index (Phi) is 8.48. The van der Waals surface area contributed by atoms with Crippen LogP contribution in [0.2, 0.25) is 5.02 Å². The number of aromatic nitrogens is 2. The molecule has 0 saturated heterocycles. The number of anilines is 2. The second-order valence-electron chi connectivity index (χ2n) is 9.75. The van der Waals surface area contributed by atoms with E-state index in [0.717, 1.165) is 28.1 Å². The molecule has 0 bridgehead atoms. The van der Waals surface area contributed by atoms with Crippen LogP contribution in [0, 0.1) is 19.8 Å². The van der Waals surface area contributed by atoms with Gasteiger partial charge in [0.05, 0.1) is 11.4 Å². The van der Waals surface area contributed by atoms with Crippen molar-refractivity contribution < 1.29 is 9.59 Å². The van der Waals surface area contributed by atoms with Crippen molar-refractivity contribution in [1.82, 2.24) is 14.7 Å². The number of carbonyl (C=O) groups excluding carboxylic acids is 2. The first kappa shape index (κ1) is 26.9. The average Bonchev–Trinajstić information content (AvgIpc) is 3.27. The highest BCUT2D eigenvalue weighted by Crippen LogP contribution is 2.27. The van der Waals surface area contributed by atoms with Crippen LogP contribution in [0.15, 0.2) is 78.9 Å². The van der Waals surface area contributed by atoms with E-state index >= 15 is 0 Å². The molecule has 0 spiro atoms. The van der Waals surface area contributed by atoms with E-state index in [1.54, 1.807) is 28.9 Å². The lowest BCUT2D eigenvalue weighted by Gasteiger charge is -2.24. The standard InChI is InChI=1S/C30H32ClN5O2/c1-20(2)18-35(30(38)32-25-12-8-11-24(31)16-25)19-29(37)33-28-17-26(23-9-6-5-7-10-23)34-36(28)27-14-13-21(3)15-22(27)4/h5-17,20H,18-19H2,1-4H3,(H,32,38)(H,33,37). The molecule has 4 aromatic rings. The summed E-state index contributed by atoms with van der Waals surface area (Å²) in [5.41, 5.74) is 5.28. The van der Waals surface area contributed by atoms with Gasteiger partial charge in [-0.25, -0.2) is 9.48 Å². The zero-order valence-corrected chi connectivity index (χ0v) is 22.8. The Morgan fingerprint density at radius 1 is 0.947 bits per heavy atom. The van der Waals surface area contributed by atoms with Gasteiger partial charge in [0.2, 0.25) is 5.91 Å². The summed E-state index contributed by atoms with van der Waals surface area (Å²) in [6, 6.07) is 24.3. The van der Waals surface area contributed by atoms with E-state index in [1.165, 1.54) is 4.90 Å². The Morgan fingerprint density at radius 2 is 1.71 bits per heavy atom. The van der Waals surface area contributed by atoms with Gasteiger partial charge in [-0.1, -0.05) is 79.5 Å². The summed E-state index contributed by atoms with van der Waals surface area (Å²) in [6.45, 7) is 8.34. The minimum atomic E-state index is -0.371. The van der Waals surface area contributed by atoms with E-state index in [-0.39, 0.29) is 24.4 Å². The van der Waals surface area contributed by atoms with Crippen LogP contribution in [0.3, 0.4) is 0 Å². The first-order chi connectivity index (χ1) is 18.2. The predicted octanol–water partition coefficient (Wildman–Crippen LogP) is 6.94. The lowest BCUT2D eigenvalue weighted by Crippen LogP contribution is -2.42. The lowest BCUT2D eigenvalue weighted by atomic mass is 10.1. The maximum Gasteiger partial charge on any atom is 0.322 e. The minimum absolute atomic E-state index is 0.122. The molecule has 0 aliphatic rings. The first-order valence-corrected chi connectivity index (χ1v) is 12.9. The van der Waals surface area contributed by atoms with Gasteiger partial charge in [-0.05, 0) is 49.6 Å². The Labute approximate surface area is 228 Å². The molecule has 8 heteroatoms. The number of hydrogen-bond acceptors (Lipinski definition) is 3. The van der Waals surface area contributed by atoms with Crippen LogP contribution in [0.1, 0.15) is 25.0 Å². The van der Waals surface area contributed by atoms with Gasteiger partial charge in [-0.2, -0.15) is 5.10 Å². The normalized spacial score (nSPS) is 10.9. The number of nitrogens with one attached hydrogen (secondary N) is 2. The Hall–Kier alpha value is -4.10. The molecular formula is C30H32ClN5O2. The predicted molar refractivity (Wildman–Crippen MR) is 154 cm³/mol. The molecule has 1 aromatic heterocycles. The maximum atomic E-state index is 13.3. The number of amides is 3. The molecule has 0 unspecified atom stereocenters. The van der Waals surface area contributed by atoms with E-state index in [1.807, 2.05) is 76.2 Å². The van der Waals surface area contributed by atoms with Crippen molar-refractivity contribution >= 4 is 35.0 Å².